The lowest BCUT2D eigenvalue weighted by Crippen LogP contribution is -2.12. The third-order valence-corrected chi connectivity index (χ3v) is 6.98. The monoisotopic (exact) mass is 540 g/mol. The molecule has 0 spiro atoms. The van der Waals surface area contributed by atoms with Crippen LogP contribution in [-0.2, 0) is 13.1 Å². The second-order valence-corrected chi connectivity index (χ2v) is 9.89. The maximum atomic E-state index is 14.0. The van der Waals surface area contributed by atoms with Crippen molar-refractivity contribution in [3.05, 3.63) is 144 Å². The van der Waals surface area contributed by atoms with E-state index in [4.69, 9.17) is 4.98 Å². The number of hydrogen-bond acceptors (Lipinski definition) is 4. The molecule has 0 radical (unpaired) electrons. The first-order valence-electron chi connectivity index (χ1n) is 13.4. The molecule has 202 valence electrons. The van der Waals surface area contributed by atoms with Crippen LogP contribution in [0.25, 0.3) is 39.1 Å². The van der Waals surface area contributed by atoms with Crippen molar-refractivity contribution >= 4 is 16.5 Å². The topological polar surface area (TPSA) is 82.3 Å². The van der Waals surface area contributed by atoms with Crippen LogP contribution >= 0.6 is 0 Å². The van der Waals surface area contributed by atoms with Crippen LogP contribution in [0.15, 0.2) is 110 Å². The van der Waals surface area contributed by atoms with Gasteiger partial charge in [-0.15, -0.1) is 0 Å². The van der Waals surface area contributed by atoms with Gasteiger partial charge in [-0.2, -0.15) is 5.10 Å². The molecule has 0 aliphatic heterocycles. The van der Waals surface area contributed by atoms with Crippen molar-refractivity contribution in [1.82, 2.24) is 30.5 Å². The molecule has 6 nitrogen and oxygen atoms in total. The van der Waals surface area contributed by atoms with Crippen molar-refractivity contribution in [2.75, 3.05) is 0 Å². The Morgan fingerprint density at radius 3 is 2.61 bits per heavy atom. The number of nitrogens with one attached hydrogen (secondary N) is 3. The summed E-state index contributed by atoms with van der Waals surface area (Å²) >= 11 is 0. The van der Waals surface area contributed by atoms with Gasteiger partial charge in [0.05, 0.1) is 11.2 Å². The van der Waals surface area contributed by atoms with Gasteiger partial charge in [0, 0.05) is 47.7 Å². The van der Waals surface area contributed by atoms with Crippen LogP contribution in [0.5, 0.6) is 0 Å². The van der Waals surface area contributed by atoms with Crippen LogP contribution in [0.1, 0.15) is 28.1 Å². The number of pyridine rings is 1. The molecule has 6 aromatic rings. The Kier molecular flexibility index (Phi) is 7.34. The lowest BCUT2D eigenvalue weighted by Gasteiger charge is -2.08. The molecule has 0 saturated carbocycles. The number of imidazole rings is 1. The van der Waals surface area contributed by atoms with E-state index in [0.717, 1.165) is 63.2 Å². The maximum Gasteiger partial charge on any atom is 0.159 e. The fourth-order valence-electron chi connectivity index (χ4n) is 4.98. The van der Waals surface area contributed by atoms with Crippen LogP contribution < -0.4 is 5.32 Å². The Morgan fingerprint density at radius 2 is 1.78 bits per heavy atom. The minimum absolute atomic E-state index is 0.303. The summed E-state index contributed by atoms with van der Waals surface area (Å²) < 4.78 is 14.0. The first kappa shape index (κ1) is 26.1. The Hall–Kier alpha value is -5.14. The highest BCUT2D eigenvalue weighted by atomic mass is 19.1. The second kappa shape index (κ2) is 11.5. The van der Waals surface area contributed by atoms with E-state index in [1.165, 1.54) is 17.7 Å². The average Bonchev–Trinajstić information content (AvgIpc) is 3.59. The summed E-state index contributed by atoms with van der Waals surface area (Å²) in [5.74, 6) is 0.325. The van der Waals surface area contributed by atoms with Gasteiger partial charge in [0.15, 0.2) is 5.82 Å². The maximum absolute atomic E-state index is 14.0. The van der Waals surface area contributed by atoms with Gasteiger partial charge in [-0.1, -0.05) is 67.3 Å². The highest BCUT2D eigenvalue weighted by Crippen LogP contribution is 2.32. The van der Waals surface area contributed by atoms with E-state index in [2.05, 4.69) is 62.4 Å². The van der Waals surface area contributed by atoms with Gasteiger partial charge in [0.1, 0.15) is 11.5 Å². The number of halogens is 1. The molecule has 0 bridgehead atoms. The number of aryl methyl sites for hydroxylation is 1. The average molecular weight is 541 g/mol. The van der Waals surface area contributed by atoms with E-state index >= 15 is 0 Å². The molecule has 0 fully saturated rings. The van der Waals surface area contributed by atoms with Gasteiger partial charge in [-0.05, 0) is 59.5 Å². The standard InChI is InChI=1S/C34H29FN6/c1-3-8-29(26-11-7-12-28(35)16-26)32-22(2)38-34(39-32)33-30-17-25(13-14-31(30)40-41-33)27-15-24(20-37-21-27)19-36-18-23-9-5-4-6-10-23/h3-17,20-21,36H,1,18-19H2,2H3,(H,38,39)(H,40,41)/b29-8-. The molecular weight excluding hydrogens is 511 g/mol. The fourth-order valence-corrected chi connectivity index (χ4v) is 4.98. The molecule has 3 N–H and O–H groups in total. The lowest BCUT2D eigenvalue weighted by atomic mass is 10.0. The van der Waals surface area contributed by atoms with Crippen molar-refractivity contribution in [2.24, 2.45) is 0 Å². The summed E-state index contributed by atoms with van der Waals surface area (Å²) in [6.07, 6.45) is 7.30. The van der Waals surface area contributed by atoms with E-state index in [-0.39, 0.29) is 5.82 Å². The molecule has 7 heteroatoms. The molecule has 0 unspecified atom stereocenters. The number of allylic oxidation sites excluding steroid dienone is 2. The number of aromatic amines is 2. The Morgan fingerprint density at radius 1 is 0.927 bits per heavy atom. The summed E-state index contributed by atoms with van der Waals surface area (Å²) in [5.41, 5.74) is 9.11. The molecule has 3 aromatic heterocycles. The largest absolute Gasteiger partial charge is 0.340 e. The summed E-state index contributed by atoms with van der Waals surface area (Å²) in [6.45, 7) is 7.30. The number of hydrogen-bond donors (Lipinski definition) is 3. The van der Waals surface area contributed by atoms with Crippen LogP contribution in [0.4, 0.5) is 4.39 Å². The quantitative estimate of drug-likeness (QED) is 0.167. The van der Waals surface area contributed by atoms with Crippen molar-refractivity contribution in [3.8, 4) is 22.6 Å². The molecule has 3 aromatic carbocycles. The van der Waals surface area contributed by atoms with Crippen LogP contribution in [0, 0.1) is 12.7 Å². The van der Waals surface area contributed by atoms with Gasteiger partial charge in [0.2, 0.25) is 0 Å². The van der Waals surface area contributed by atoms with Crippen LogP contribution in [0.2, 0.25) is 0 Å². The minimum Gasteiger partial charge on any atom is -0.340 e. The van der Waals surface area contributed by atoms with Gasteiger partial charge in [-0.25, -0.2) is 9.37 Å². The predicted octanol–water partition coefficient (Wildman–Crippen LogP) is 7.37. The van der Waals surface area contributed by atoms with Gasteiger partial charge in [0.25, 0.3) is 0 Å². The first-order valence-corrected chi connectivity index (χ1v) is 13.4. The molecule has 0 amide bonds. The highest BCUT2D eigenvalue weighted by Gasteiger charge is 2.18. The molecule has 0 saturated heterocycles. The van der Waals surface area contributed by atoms with Crippen molar-refractivity contribution in [1.29, 1.82) is 0 Å². The van der Waals surface area contributed by atoms with E-state index in [9.17, 15) is 4.39 Å². The van der Waals surface area contributed by atoms with Crippen LogP contribution in [0.3, 0.4) is 0 Å². The SMILES string of the molecule is C=C/C=C(/c1cccc(F)c1)c1nc(-c2n[nH]c3ccc(-c4cncc(CNCc5ccccc5)c4)cc23)[nH]c1C. The molecule has 41 heavy (non-hydrogen) atoms. The first-order chi connectivity index (χ1) is 20.1. The summed E-state index contributed by atoms with van der Waals surface area (Å²) in [6, 6.07) is 25.2. The van der Waals surface area contributed by atoms with Crippen molar-refractivity contribution in [2.45, 2.75) is 20.0 Å². The zero-order valence-electron chi connectivity index (χ0n) is 22.7. The molecule has 0 aliphatic rings. The van der Waals surface area contributed by atoms with E-state index in [1.54, 1.807) is 12.1 Å². The zero-order chi connectivity index (χ0) is 28.2. The number of rotatable bonds is 9. The highest BCUT2D eigenvalue weighted by molar-refractivity contribution is 5.94. The zero-order valence-corrected chi connectivity index (χ0v) is 22.7. The summed E-state index contributed by atoms with van der Waals surface area (Å²) in [5, 5.41) is 12.2. The van der Waals surface area contributed by atoms with Crippen molar-refractivity contribution < 1.29 is 4.39 Å². The molecule has 0 atom stereocenters. The number of benzene rings is 3. The molecule has 6 rings (SSSR count). The number of fused-ring (bicyclic) bond motifs is 1. The lowest BCUT2D eigenvalue weighted by molar-refractivity contribution is 0.627. The van der Waals surface area contributed by atoms with Gasteiger partial charge in [-0.3, -0.25) is 10.1 Å². The third kappa shape index (κ3) is 5.62. The fraction of sp³-hybridized carbons (Fsp3) is 0.0882. The number of nitrogens with zero attached hydrogens (tertiary/aromatic N) is 3. The Bertz CT molecular complexity index is 1870. The smallest absolute Gasteiger partial charge is 0.159 e. The van der Waals surface area contributed by atoms with Gasteiger partial charge >= 0.3 is 0 Å². The molecule has 3 heterocycles. The number of H-pyrrole nitrogens is 2. The third-order valence-electron chi connectivity index (χ3n) is 6.98. The van der Waals surface area contributed by atoms with Crippen LogP contribution in [-0.4, -0.2) is 25.1 Å². The van der Waals surface area contributed by atoms with E-state index in [0.29, 0.717) is 11.5 Å². The normalized spacial score (nSPS) is 11.7. The number of aromatic nitrogens is 5. The predicted molar refractivity (Wildman–Crippen MR) is 162 cm³/mol. The van der Waals surface area contributed by atoms with Gasteiger partial charge < -0.3 is 10.3 Å². The van der Waals surface area contributed by atoms with E-state index < -0.39 is 0 Å². The van der Waals surface area contributed by atoms with E-state index in [1.807, 2.05) is 55.7 Å². The Balaban J connectivity index is 1.29. The molecule has 0 aliphatic carbocycles. The summed E-state index contributed by atoms with van der Waals surface area (Å²) in [7, 11) is 0. The molecular formula is C34H29FN6. The van der Waals surface area contributed by atoms with Crippen molar-refractivity contribution in [3.63, 3.8) is 0 Å². The summed E-state index contributed by atoms with van der Waals surface area (Å²) in [4.78, 5) is 12.8. The Labute approximate surface area is 237 Å². The minimum atomic E-state index is -0.303. The second-order valence-electron chi connectivity index (χ2n) is 9.89.